The van der Waals surface area contributed by atoms with E-state index in [1.807, 2.05) is 60.7 Å². The molecule has 0 spiro atoms. The number of aromatic nitrogens is 8. The number of hydrogen-bond donors (Lipinski definition) is 1. The number of methoxy groups -OCH3 is 1. The number of ether oxygens (including phenoxy) is 2. The summed E-state index contributed by atoms with van der Waals surface area (Å²) in [6.07, 6.45) is 6.04. The summed E-state index contributed by atoms with van der Waals surface area (Å²) in [5.41, 5.74) is 4.67. The van der Waals surface area contributed by atoms with Crippen LogP contribution >= 0.6 is 0 Å². The van der Waals surface area contributed by atoms with Crippen LogP contribution in [0.25, 0.3) is 45.3 Å². The molecule has 0 atom stereocenters. The van der Waals surface area contributed by atoms with Crippen LogP contribution in [0.4, 0.5) is 0 Å². The van der Waals surface area contributed by atoms with Gasteiger partial charge in [0.25, 0.3) is 5.89 Å². The Bertz CT molecular complexity index is 1770. The SMILES string of the molecule is COc1ccccc1-c1nc(COc2ccc(-c3nc4cc(-c5nn[nH]n5)ccc4n3C3CCCCC3)cc2)no1. The van der Waals surface area contributed by atoms with Gasteiger partial charge in [-0.25, -0.2) is 4.98 Å². The van der Waals surface area contributed by atoms with E-state index in [-0.39, 0.29) is 6.61 Å². The molecule has 1 aliphatic carbocycles. The van der Waals surface area contributed by atoms with Gasteiger partial charge in [0, 0.05) is 17.2 Å². The van der Waals surface area contributed by atoms with E-state index in [9.17, 15) is 0 Å². The van der Waals surface area contributed by atoms with Gasteiger partial charge in [0.2, 0.25) is 11.6 Å². The van der Waals surface area contributed by atoms with Gasteiger partial charge in [-0.3, -0.25) is 0 Å². The molecular formula is C30H28N8O3. The maximum atomic E-state index is 5.99. The number of tetrazole rings is 1. The Morgan fingerprint density at radius 2 is 1.78 bits per heavy atom. The van der Waals surface area contributed by atoms with E-state index in [1.54, 1.807) is 7.11 Å². The second-order valence-corrected chi connectivity index (χ2v) is 10.1. The van der Waals surface area contributed by atoms with E-state index < -0.39 is 0 Å². The third-order valence-electron chi connectivity index (χ3n) is 7.52. The van der Waals surface area contributed by atoms with Crippen molar-refractivity contribution in [1.29, 1.82) is 0 Å². The van der Waals surface area contributed by atoms with Crippen molar-refractivity contribution in [1.82, 2.24) is 40.3 Å². The van der Waals surface area contributed by atoms with Crippen molar-refractivity contribution in [2.45, 2.75) is 44.8 Å². The first-order chi connectivity index (χ1) is 20.3. The summed E-state index contributed by atoms with van der Waals surface area (Å²) in [6.45, 7) is 0.178. The van der Waals surface area contributed by atoms with Crippen molar-refractivity contribution in [2.24, 2.45) is 0 Å². The van der Waals surface area contributed by atoms with Crippen molar-refractivity contribution in [3.63, 3.8) is 0 Å². The second kappa shape index (κ2) is 10.8. The average Bonchev–Trinajstić information content (AvgIpc) is 3.81. The van der Waals surface area contributed by atoms with Crippen molar-refractivity contribution in [3.05, 3.63) is 72.6 Å². The van der Waals surface area contributed by atoms with Crippen LogP contribution in [-0.2, 0) is 6.61 Å². The van der Waals surface area contributed by atoms with Gasteiger partial charge in [-0.1, -0.05) is 36.6 Å². The van der Waals surface area contributed by atoms with Crippen LogP contribution in [0.2, 0.25) is 0 Å². The summed E-state index contributed by atoms with van der Waals surface area (Å²) in [5, 5.41) is 18.5. The summed E-state index contributed by atoms with van der Waals surface area (Å²) < 4.78 is 19.2. The molecule has 1 saturated carbocycles. The van der Waals surface area contributed by atoms with Crippen LogP contribution in [0.5, 0.6) is 11.5 Å². The van der Waals surface area contributed by atoms with Gasteiger partial charge in [-0.15, -0.1) is 10.2 Å². The first-order valence-electron chi connectivity index (χ1n) is 13.7. The lowest BCUT2D eigenvalue weighted by atomic mass is 9.95. The lowest BCUT2D eigenvalue weighted by Crippen LogP contribution is -2.14. The number of aromatic amines is 1. The normalized spacial score (nSPS) is 14.0. The van der Waals surface area contributed by atoms with Crippen LogP contribution in [-0.4, -0.2) is 47.4 Å². The Morgan fingerprint density at radius 1 is 0.951 bits per heavy atom. The molecule has 0 radical (unpaired) electrons. The van der Waals surface area contributed by atoms with Crippen LogP contribution in [0, 0.1) is 0 Å². The molecule has 11 heteroatoms. The molecule has 0 saturated heterocycles. The maximum absolute atomic E-state index is 5.99. The third kappa shape index (κ3) is 4.90. The van der Waals surface area contributed by atoms with E-state index in [1.165, 1.54) is 19.3 Å². The molecule has 3 heterocycles. The summed E-state index contributed by atoms with van der Waals surface area (Å²) >= 11 is 0. The van der Waals surface area contributed by atoms with E-state index in [2.05, 4.69) is 41.4 Å². The lowest BCUT2D eigenvalue weighted by Gasteiger charge is -2.25. The highest BCUT2D eigenvalue weighted by atomic mass is 16.5. The molecule has 0 aliphatic heterocycles. The standard InChI is InChI=1S/C30H28N8O3/c1-39-26-10-6-5-9-23(26)30-32-27(35-41-30)18-40-22-14-11-19(12-15-22)29-31-24-17-20(28-33-36-37-34-28)13-16-25(24)38(29)21-7-3-2-4-8-21/h5-6,9-17,21H,2-4,7-8,18H2,1H3,(H,33,34,36,37). The molecule has 11 nitrogen and oxygen atoms in total. The van der Waals surface area contributed by atoms with Gasteiger partial charge in [0.1, 0.15) is 17.3 Å². The minimum Gasteiger partial charge on any atom is -0.496 e. The zero-order valence-electron chi connectivity index (χ0n) is 22.5. The molecule has 6 aromatic rings. The Hall–Kier alpha value is -5.06. The number of H-pyrrole nitrogens is 1. The van der Waals surface area contributed by atoms with Crippen molar-refractivity contribution in [3.8, 4) is 45.7 Å². The quantitative estimate of drug-likeness (QED) is 0.242. The molecule has 3 aromatic carbocycles. The predicted molar refractivity (Wildman–Crippen MR) is 151 cm³/mol. The zero-order valence-corrected chi connectivity index (χ0v) is 22.5. The van der Waals surface area contributed by atoms with Crippen LogP contribution in [0.3, 0.4) is 0 Å². The number of nitrogens with zero attached hydrogens (tertiary/aromatic N) is 7. The molecule has 7 rings (SSSR count). The highest BCUT2D eigenvalue weighted by Crippen LogP contribution is 2.37. The molecule has 1 aliphatic rings. The van der Waals surface area contributed by atoms with E-state index >= 15 is 0 Å². The average molecular weight is 549 g/mol. The van der Waals surface area contributed by atoms with Gasteiger partial charge in [0.05, 0.1) is 23.7 Å². The summed E-state index contributed by atoms with van der Waals surface area (Å²) in [4.78, 5) is 9.56. The maximum Gasteiger partial charge on any atom is 0.261 e. The minimum atomic E-state index is 0.178. The van der Waals surface area contributed by atoms with Crippen LogP contribution in [0.15, 0.2) is 71.3 Å². The molecule has 0 unspecified atom stereocenters. The Balaban J connectivity index is 1.14. The topological polar surface area (TPSA) is 130 Å². The molecule has 1 fully saturated rings. The number of imidazole rings is 1. The number of benzene rings is 3. The molecule has 41 heavy (non-hydrogen) atoms. The lowest BCUT2D eigenvalue weighted by molar-refractivity contribution is 0.287. The van der Waals surface area contributed by atoms with E-state index in [4.69, 9.17) is 19.0 Å². The third-order valence-corrected chi connectivity index (χ3v) is 7.52. The zero-order chi connectivity index (χ0) is 27.6. The monoisotopic (exact) mass is 548 g/mol. The smallest absolute Gasteiger partial charge is 0.261 e. The molecule has 3 aromatic heterocycles. The fourth-order valence-electron chi connectivity index (χ4n) is 5.53. The molecular weight excluding hydrogens is 520 g/mol. The Morgan fingerprint density at radius 3 is 2.59 bits per heavy atom. The number of para-hydroxylation sites is 1. The highest BCUT2D eigenvalue weighted by Gasteiger charge is 2.23. The number of fused-ring (bicyclic) bond motifs is 1. The van der Waals surface area contributed by atoms with Crippen LogP contribution in [0.1, 0.15) is 44.0 Å². The van der Waals surface area contributed by atoms with Crippen molar-refractivity contribution >= 4 is 11.0 Å². The first-order valence-corrected chi connectivity index (χ1v) is 13.7. The van der Waals surface area contributed by atoms with Gasteiger partial charge in [0.15, 0.2) is 6.61 Å². The fourth-order valence-corrected chi connectivity index (χ4v) is 5.53. The number of hydrogen-bond acceptors (Lipinski definition) is 9. The Labute approximate surface area is 235 Å². The molecule has 0 bridgehead atoms. The van der Waals surface area contributed by atoms with E-state index in [0.717, 1.165) is 46.4 Å². The summed E-state index contributed by atoms with van der Waals surface area (Å²) in [7, 11) is 1.61. The van der Waals surface area contributed by atoms with Crippen LogP contribution < -0.4 is 9.47 Å². The minimum absolute atomic E-state index is 0.178. The van der Waals surface area contributed by atoms with Gasteiger partial charge in [-0.2, -0.15) is 10.2 Å². The van der Waals surface area contributed by atoms with Crippen molar-refractivity contribution < 1.29 is 14.0 Å². The van der Waals surface area contributed by atoms with Gasteiger partial charge < -0.3 is 18.6 Å². The van der Waals surface area contributed by atoms with Crippen molar-refractivity contribution in [2.75, 3.05) is 7.11 Å². The number of rotatable bonds is 8. The summed E-state index contributed by atoms with van der Waals surface area (Å²) in [5.74, 6) is 3.72. The second-order valence-electron chi connectivity index (χ2n) is 10.1. The largest absolute Gasteiger partial charge is 0.496 e. The number of nitrogens with one attached hydrogen (secondary N) is 1. The Kier molecular flexibility index (Phi) is 6.59. The van der Waals surface area contributed by atoms with E-state index in [0.29, 0.717) is 35.1 Å². The fraction of sp³-hybridized carbons (Fsp3) is 0.267. The predicted octanol–water partition coefficient (Wildman–Crippen LogP) is 6.03. The molecule has 206 valence electrons. The highest BCUT2D eigenvalue weighted by molar-refractivity contribution is 5.84. The van der Waals surface area contributed by atoms with Gasteiger partial charge in [-0.05, 0) is 72.7 Å². The first kappa shape index (κ1) is 24.9. The summed E-state index contributed by atoms with van der Waals surface area (Å²) in [6, 6.07) is 22.1. The molecule has 1 N–H and O–H groups in total. The van der Waals surface area contributed by atoms with Gasteiger partial charge >= 0.3 is 0 Å². The molecule has 0 amide bonds.